The van der Waals surface area contributed by atoms with Gasteiger partial charge in [0.1, 0.15) is 5.69 Å². The summed E-state index contributed by atoms with van der Waals surface area (Å²) in [5.74, 6) is 1.14. The van der Waals surface area contributed by atoms with Crippen LogP contribution in [0.4, 0.5) is 13.2 Å². The molecule has 1 aromatic carbocycles. The van der Waals surface area contributed by atoms with Crippen LogP contribution >= 0.6 is 0 Å². The van der Waals surface area contributed by atoms with E-state index < -0.39 is 11.9 Å². The zero-order chi connectivity index (χ0) is 25.9. The van der Waals surface area contributed by atoms with Crippen molar-refractivity contribution in [2.45, 2.75) is 58.3 Å². The molecule has 5 aromatic rings. The van der Waals surface area contributed by atoms with Crippen molar-refractivity contribution in [3.05, 3.63) is 71.4 Å². The molecule has 0 unspecified atom stereocenters. The van der Waals surface area contributed by atoms with Gasteiger partial charge < -0.3 is 0 Å². The number of fused-ring (bicyclic) bond motifs is 1. The van der Waals surface area contributed by atoms with E-state index in [1.807, 2.05) is 27.7 Å². The molecule has 190 valence electrons. The highest BCUT2D eigenvalue weighted by Gasteiger charge is 2.34. The Balaban J connectivity index is 1.31. The minimum absolute atomic E-state index is 0.177. The maximum atomic E-state index is 13.0. The monoisotopic (exact) mass is 506 g/mol. The van der Waals surface area contributed by atoms with E-state index in [1.165, 1.54) is 10.2 Å². The van der Waals surface area contributed by atoms with Crippen molar-refractivity contribution in [1.29, 1.82) is 0 Å². The first-order valence-corrected chi connectivity index (χ1v) is 12.2. The Labute approximate surface area is 210 Å². The lowest BCUT2D eigenvalue weighted by molar-refractivity contribution is -0.141. The van der Waals surface area contributed by atoms with Gasteiger partial charge in [0.2, 0.25) is 0 Å². The number of aryl methyl sites for hydroxylation is 1. The number of benzene rings is 1. The third-order valence-electron chi connectivity index (χ3n) is 6.61. The van der Waals surface area contributed by atoms with Crippen LogP contribution in [-0.4, -0.2) is 39.3 Å². The zero-order valence-electron chi connectivity index (χ0n) is 20.6. The SMILES string of the molecule is Cc1cc(C(F)(F)F)nn1-c1ccc(Cn2ncc3cnc(-c4c(C5CC5)cnn4C(C)C)nc32)cc1. The average molecular weight is 507 g/mol. The Kier molecular flexibility index (Phi) is 5.39. The maximum Gasteiger partial charge on any atom is 0.435 e. The number of hydrogen-bond donors (Lipinski definition) is 0. The minimum Gasteiger partial charge on any atom is -0.259 e. The molecule has 0 aliphatic heterocycles. The summed E-state index contributed by atoms with van der Waals surface area (Å²) in [5.41, 5.74) is 3.86. The summed E-state index contributed by atoms with van der Waals surface area (Å²) >= 11 is 0. The quantitative estimate of drug-likeness (QED) is 0.295. The third-order valence-corrected chi connectivity index (χ3v) is 6.61. The lowest BCUT2D eigenvalue weighted by Gasteiger charge is -2.12. The molecule has 4 heterocycles. The van der Waals surface area contributed by atoms with Crippen molar-refractivity contribution in [3.63, 3.8) is 0 Å². The molecule has 11 heteroatoms. The fraction of sp³-hybridized carbons (Fsp3) is 0.346. The van der Waals surface area contributed by atoms with Gasteiger partial charge in [-0.2, -0.15) is 28.5 Å². The molecule has 0 atom stereocenters. The lowest BCUT2D eigenvalue weighted by atomic mass is 10.1. The highest BCUT2D eigenvalue weighted by Crippen LogP contribution is 2.44. The van der Waals surface area contributed by atoms with Crippen LogP contribution in [0.25, 0.3) is 28.2 Å². The highest BCUT2D eigenvalue weighted by molar-refractivity contribution is 5.76. The largest absolute Gasteiger partial charge is 0.435 e. The van der Waals surface area contributed by atoms with E-state index in [-0.39, 0.29) is 6.04 Å². The topological polar surface area (TPSA) is 79.2 Å². The predicted octanol–water partition coefficient (Wildman–Crippen LogP) is 5.71. The van der Waals surface area contributed by atoms with Crippen molar-refractivity contribution in [2.24, 2.45) is 0 Å². The molecule has 6 rings (SSSR count). The Bertz CT molecular complexity index is 1570. The summed E-state index contributed by atoms with van der Waals surface area (Å²) in [6, 6.07) is 8.45. The molecule has 37 heavy (non-hydrogen) atoms. The van der Waals surface area contributed by atoms with Gasteiger partial charge in [0, 0.05) is 23.5 Å². The fourth-order valence-corrected chi connectivity index (χ4v) is 4.58. The van der Waals surface area contributed by atoms with Gasteiger partial charge >= 0.3 is 6.18 Å². The molecule has 0 bridgehead atoms. The summed E-state index contributed by atoms with van der Waals surface area (Å²) in [4.78, 5) is 9.54. The van der Waals surface area contributed by atoms with Gasteiger partial charge in [-0.3, -0.25) is 4.68 Å². The summed E-state index contributed by atoms with van der Waals surface area (Å²) in [6.07, 6.45) is 3.30. The number of aromatic nitrogens is 8. The first-order chi connectivity index (χ1) is 17.7. The van der Waals surface area contributed by atoms with Gasteiger partial charge in [-0.25, -0.2) is 19.3 Å². The number of hydrogen-bond acceptors (Lipinski definition) is 5. The number of halogens is 3. The lowest BCUT2D eigenvalue weighted by Crippen LogP contribution is -2.09. The van der Waals surface area contributed by atoms with Crippen LogP contribution in [-0.2, 0) is 12.7 Å². The Morgan fingerprint density at radius 3 is 2.43 bits per heavy atom. The van der Waals surface area contributed by atoms with Gasteiger partial charge in [0.05, 0.1) is 30.0 Å². The first kappa shape index (κ1) is 23.4. The van der Waals surface area contributed by atoms with Crippen LogP contribution in [0, 0.1) is 6.92 Å². The van der Waals surface area contributed by atoms with E-state index in [9.17, 15) is 13.2 Å². The van der Waals surface area contributed by atoms with Gasteiger partial charge in [-0.05, 0) is 63.3 Å². The van der Waals surface area contributed by atoms with Gasteiger partial charge in [-0.1, -0.05) is 12.1 Å². The second-order valence-corrected chi connectivity index (χ2v) is 9.78. The van der Waals surface area contributed by atoms with E-state index in [1.54, 1.807) is 31.5 Å². The number of alkyl halides is 3. The van der Waals surface area contributed by atoms with E-state index in [2.05, 4.69) is 34.1 Å². The van der Waals surface area contributed by atoms with Gasteiger partial charge in [0.25, 0.3) is 0 Å². The second kappa shape index (κ2) is 8.53. The van der Waals surface area contributed by atoms with Crippen LogP contribution in [0.5, 0.6) is 0 Å². The Hall–Kier alpha value is -4.02. The zero-order valence-corrected chi connectivity index (χ0v) is 20.6. The van der Waals surface area contributed by atoms with Gasteiger partial charge in [-0.15, -0.1) is 0 Å². The van der Waals surface area contributed by atoms with E-state index in [0.717, 1.165) is 35.6 Å². The average Bonchev–Trinajstić information content (AvgIpc) is 3.28. The molecular formula is C26H25F3N8. The summed E-state index contributed by atoms with van der Waals surface area (Å²) in [6.45, 7) is 6.23. The number of rotatable bonds is 6. The highest BCUT2D eigenvalue weighted by atomic mass is 19.4. The minimum atomic E-state index is -4.48. The molecule has 0 saturated heterocycles. The molecule has 4 aromatic heterocycles. The normalized spacial score (nSPS) is 14.2. The van der Waals surface area contributed by atoms with Crippen LogP contribution in [0.2, 0.25) is 0 Å². The molecule has 1 fully saturated rings. The first-order valence-electron chi connectivity index (χ1n) is 12.2. The van der Waals surface area contributed by atoms with Crippen LogP contribution in [0.3, 0.4) is 0 Å². The second-order valence-electron chi connectivity index (χ2n) is 9.78. The standard InChI is InChI=1S/C26H25F3N8/c1-15(2)36-23(21(13-32-36)18-6-7-18)24-30-11-19-12-31-35(25(19)33-24)14-17-4-8-20(9-5-17)37-16(3)10-22(34-37)26(27,28)29/h4-5,8-13,15,18H,6-7,14H2,1-3H3. The predicted molar refractivity (Wildman–Crippen MR) is 131 cm³/mol. The maximum absolute atomic E-state index is 13.0. The number of nitrogens with zero attached hydrogens (tertiary/aromatic N) is 8. The van der Waals surface area contributed by atoms with E-state index in [4.69, 9.17) is 4.98 Å². The van der Waals surface area contributed by atoms with Crippen molar-refractivity contribution >= 4 is 11.0 Å². The summed E-state index contributed by atoms with van der Waals surface area (Å²) in [5, 5.41) is 13.7. The van der Waals surface area contributed by atoms with Crippen molar-refractivity contribution in [3.8, 4) is 17.2 Å². The Morgan fingerprint density at radius 2 is 1.78 bits per heavy atom. The molecule has 0 radical (unpaired) electrons. The molecule has 0 spiro atoms. The van der Waals surface area contributed by atoms with Crippen molar-refractivity contribution < 1.29 is 13.2 Å². The van der Waals surface area contributed by atoms with Crippen LogP contribution < -0.4 is 0 Å². The summed E-state index contributed by atoms with van der Waals surface area (Å²) in [7, 11) is 0. The molecule has 0 N–H and O–H groups in total. The van der Waals surface area contributed by atoms with Crippen LogP contribution in [0.15, 0.2) is 48.9 Å². The van der Waals surface area contributed by atoms with Crippen molar-refractivity contribution in [1.82, 2.24) is 39.3 Å². The summed E-state index contributed by atoms with van der Waals surface area (Å²) < 4.78 is 44.2. The van der Waals surface area contributed by atoms with Crippen LogP contribution in [0.1, 0.15) is 61.2 Å². The fourth-order valence-electron chi connectivity index (χ4n) is 4.58. The molecule has 1 aliphatic rings. The van der Waals surface area contributed by atoms with Crippen molar-refractivity contribution in [2.75, 3.05) is 0 Å². The molecule has 8 nitrogen and oxygen atoms in total. The van der Waals surface area contributed by atoms with Gasteiger partial charge in [0.15, 0.2) is 17.2 Å². The molecular weight excluding hydrogens is 481 g/mol. The smallest absolute Gasteiger partial charge is 0.259 e. The molecule has 1 saturated carbocycles. The Morgan fingerprint density at radius 1 is 1.03 bits per heavy atom. The third kappa shape index (κ3) is 4.28. The molecule has 1 aliphatic carbocycles. The molecule has 0 amide bonds. The van der Waals surface area contributed by atoms with E-state index >= 15 is 0 Å². The van der Waals surface area contributed by atoms with E-state index in [0.29, 0.717) is 35.3 Å².